The van der Waals surface area contributed by atoms with Crippen molar-refractivity contribution in [3.8, 4) is 5.75 Å². The number of halogens is 1. The largest absolute Gasteiger partial charge is 0.496 e. The monoisotopic (exact) mass is 330 g/mol. The summed E-state index contributed by atoms with van der Waals surface area (Å²) in [5.74, 6) is 0.896. The van der Waals surface area contributed by atoms with Crippen molar-refractivity contribution < 1.29 is 4.74 Å². The Morgan fingerprint density at radius 2 is 2.04 bits per heavy atom. The molecule has 0 spiro atoms. The van der Waals surface area contributed by atoms with Gasteiger partial charge in [-0.05, 0) is 30.7 Å². The maximum Gasteiger partial charge on any atom is 0.252 e. The highest BCUT2D eigenvalue weighted by molar-refractivity contribution is 6.30. The molecule has 0 bridgehead atoms. The fourth-order valence-corrected chi connectivity index (χ4v) is 2.62. The lowest BCUT2D eigenvalue weighted by molar-refractivity contribution is 0.410. The maximum absolute atomic E-state index is 7.36. The van der Waals surface area contributed by atoms with Gasteiger partial charge in [-0.3, -0.25) is 0 Å². The van der Waals surface area contributed by atoms with Crippen molar-refractivity contribution in [1.29, 1.82) is 0 Å². The molecular weight excluding hydrogens is 312 g/mol. The fraction of sp³-hybridized carbons (Fsp3) is 0.353. The van der Waals surface area contributed by atoms with Crippen LogP contribution < -0.4 is 10.5 Å². The van der Waals surface area contributed by atoms with Crippen LogP contribution in [0.5, 0.6) is 5.75 Å². The Bertz CT molecular complexity index is 758. The van der Waals surface area contributed by atoms with Gasteiger partial charge in [0.05, 0.1) is 7.11 Å². The molecule has 23 heavy (non-hydrogen) atoms. The first-order chi connectivity index (χ1) is 10.8. The van der Waals surface area contributed by atoms with Gasteiger partial charge in [0.2, 0.25) is 5.95 Å². The molecule has 0 amide bonds. The second-order valence-corrected chi connectivity index (χ2v) is 6.17. The molecule has 2 rings (SSSR count). The second-order valence-electron chi connectivity index (χ2n) is 5.81. The van der Waals surface area contributed by atoms with Crippen molar-refractivity contribution in [1.82, 2.24) is 9.97 Å². The highest BCUT2D eigenvalue weighted by atomic mass is 35.5. The lowest BCUT2D eigenvalue weighted by Gasteiger charge is -2.16. The van der Waals surface area contributed by atoms with E-state index in [1.54, 1.807) is 7.11 Å². The van der Waals surface area contributed by atoms with Gasteiger partial charge in [-0.1, -0.05) is 11.6 Å². The molecule has 0 saturated carbocycles. The van der Waals surface area contributed by atoms with Gasteiger partial charge in [-0.25, -0.2) is 16.5 Å². The van der Waals surface area contributed by atoms with E-state index in [1.165, 1.54) is 0 Å². The summed E-state index contributed by atoms with van der Waals surface area (Å²) in [6.45, 7) is 13.0. The van der Waals surface area contributed by atoms with Gasteiger partial charge < -0.3 is 15.3 Å². The molecule has 1 aromatic carbocycles. The molecule has 0 unspecified atom stereocenters. The number of anilines is 1. The molecule has 1 aromatic heterocycles. The predicted octanol–water partition coefficient (Wildman–Crippen LogP) is 3.77. The molecule has 0 aliphatic carbocycles. The van der Waals surface area contributed by atoms with Crippen molar-refractivity contribution in [3.05, 3.63) is 57.2 Å². The first-order valence-corrected chi connectivity index (χ1v) is 7.50. The molecule has 120 valence electrons. The molecule has 0 aliphatic rings. The van der Waals surface area contributed by atoms with Crippen molar-refractivity contribution in [2.45, 2.75) is 32.7 Å². The van der Waals surface area contributed by atoms with Gasteiger partial charge >= 0.3 is 0 Å². The Hall–Kier alpha value is -2.32. The Morgan fingerprint density at radius 3 is 2.61 bits per heavy atom. The first-order valence-electron chi connectivity index (χ1n) is 7.13. The van der Waals surface area contributed by atoms with Crippen molar-refractivity contribution >= 4 is 17.5 Å². The number of hydrogen-bond donors (Lipinski definition) is 1. The topological polar surface area (TPSA) is 65.4 Å². The van der Waals surface area contributed by atoms with Crippen LogP contribution in [0.2, 0.25) is 5.15 Å². The van der Waals surface area contributed by atoms with E-state index in [2.05, 4.69) is 14.8 Å². The lowest BCUT2D eigenvalue weighted by Crippen LogP contribution is -2.12. The van der Waals surface area contributed by atoms with Crippen LogP contribution >= 0.6 is 11.6 Å². The molecular formula is C17H19ClN4O. The summed E-state index contributed by atoms with van der Waals surface area (Å²) in [5, 5.41) is 0.340. The van der Waals surface area contributed by atoms with E-state index in [4.69, 9.17) is 28.6 Å². The number of nitrogen functional groups attached to an aromatic ring is 1. The summed E-state index contributed by atoms with van der Waals surface area (Å²) < 4.78 is 5.44. The zero-order valence-corrected chi connectivity index (χ0v) is 14.4. The van der Waals surface area contributed by atoms with Crippen LogP contribution in [0, 0.1) is 13.5 Å². The molecule has 6 heteroatoms. The summed E-state index contributed by atoms with van der Waals surface area (Å²) in [6, 6.07) is 5.76. The minimum atomic E-state index is -0.600. The van der Waals surface area contributed by atoms with Crippen LogP contribution in [-0.2, 0) is 12.0 Å². The molecule has 1 heterocycles. The highest BCUT2D eigenvalue weighted by Gasteiger charge is 2.27. The van der Waals surface area contributed by atoms with Gasteiger partial charge in [0, 0.05) is 37.1 Å². The van der Waals surface area contributed by atoms with Gasteiger partial charge in [0.15, 0.2) is 0 Å². The predicted molar refractivity (Wildman–Crippen MR) is 91.6 cm³/mol. The number of ether oxygens (including phenoxy) is 1. The van der Waals surface area contributed by atoms with Crippen LogP contribution in [0.1, 0.15) is 36.2 Å². The van der Waals surface area contributed by atoms with Crippen LogP contribution in [0.15, 0.2) is 18.2 Å². The number of nitrogens with two attached hydrogens (primary N) is 1. The maximum atomic E-state index is 7.36. The number of nitrogens with zero attached hydrogens (tertiary/aromatic N) is 3. The molecule has 0 fully saturated rings. The van der Waals surface area contributed by atoms with Crippen molar-refractivity contribution in [2.75, 3.05) is 12.8 Å². The zero-order chi connectivity index (χ0) is 17.2. The smallest absolute Gasteiger partial charge is 0.252 e. The van der Waals surface area contributed by atoms with E-state index >= 15 is 0 Å². The fourth-order valence-electron chi connectivity index (χ4n) is 2.33. The molecule has 5 nitrogen and oxygen atoms in total. The summed E-state index contributed by atoms with van der Waals surface area (Å²) in [7, 11) is 1.62. The van der Waals surface area contributed by atoms with E-state index in [1.807, 2.05) is 39.0 Å². The Balaban J connectivity index is 2.51. The van der Waals surface area contributed by atoms with E-state index in [0.717, 1.165) is 28.1 Å². The quantitative estimate of drug-likeness (QED) is 0.684. The number of methoxy groups -OCH3 is 1. The third-order valence-electron chi connectivity index (χ3n) is 3.81. The summed E-state index contributed by atoms with van der Waals surface area (Å²) in [5.41, 5.74) is 8.41. The van der Waals surface area contributed by atoms with E-state index in [0.29, 0.717) is 11.6 Å². The number of rotatable bonds is 4. The van der Waals surface area contributed by atoms with Crippen LogP contribution in [0.3, 0.4) is 0 Å². The third-order valence-corrected chi connectivity index (χ3v) is 4.13. The van der Waals surface area contributed by atoms with Crippen LogP contribution in [-0.4, -0.2) is 17.1 Å². The van der Waals surface area contributed by atoms with Gasteiger partial charge in [0.1, 0.15) is 10.9 Å². The van der Waals surface area contributed by atoms with Crippen LogP contribution in [0.25, 0.3) is 4.85 Å². The van der Waals surface area contributed by atoms with E-state index < -0.39 is 5.54 Å². The van der Waals surface area contributed by atoms with Crippen molar-refractivity contribution in [3.63, 3.8) is 0 Å². The highest BCUT2D eigenvalue weighted by Crippen LogP contribution is 2.32. The second kappa shape index (κ2) is 6.43. The minimum absolute atomic E-state index is 0.158. The Labute approximate surface area is 141 Å². The number of benzene rings is 1. The average molecular weight is 331 g/mol. The standard InChI is InChI=1S/C17H19ClN4O/c1-10-13(15(18)22-16(19)21-10)9-11-8-12(17(2,3)20-4)6-7-14(11)23-5/h6-8H,9H2,1-3,5H3,(H2,19,21,22). The number of hydrogen-bond acceptors (Lipinski definition) is 4. The molecule has 0 aliphatic heterocycles. The Morgan fingerprint density at radius 1 is 1.35 bits per heavy atom. The lowest BCUT2D eigenvalue weighted by atomic mass is 9.92. The molecule has 0 saturated heterocycles. The van der Waals surface area contributed by atoms with Gasteiger partial charge in [0.25, 0.3) is 5.54 Å². The molecule has 2 aromatic rings. The molecule has 2 N–H and O–H groups in total. The van der Waals surface area contributed by atoms with Crippen LogP contribution in [0.4, 0.5) is 5.95 Å². The van der Waals surface area contributed by atoms with E-state index in [-0.39, 0.29) is 5.95 Å². The zero-order valence-electron chi connectivity index (χ0n) is 13.6. The van der Waals surface area contributed by atoms with E-state index in [9.17, 15) is 0 Å². The Kier molecular flexibility index (Phi) is 4.76. The SMILES string of the molecule is [C-]#[N+]C(C)(C)c1ccc(OC)c(Cc2c(C)nc(N)nc2Cl)c1. The minimum Gasteiger partial charge on any atom is -0.496 e. The van der Waals surface area contributed by atoms with Gasteiger partial charge in [-0.15, -0.1) is 0 Å². The summed E-state index contributed by atoms with van der Waals surface area (Å²) in [6.07, 6.45) is 0.510. The van der Waals surface area contributed by atoms with Gasteiger partial charge in [-0.2, -0.15) is 0 Å². The number of aromatic nitrogens is 2. The normalized spacial score (nSPS) is 11.1. The molecule has 0 radical (unpaired) electrons. The number of aryl methyl sites for hydroxylation is 1. The third kappa shape index (κ3) is 3.54. The summed E-state index contributed by atoms with van der Waals surface area (Å²) >= 11 is 6.22. The van der Waals surface area contributed by atoms with Crippen molar-refractivity contribution in [2.24, 2.45) is 0 Å². The molecule has 0 atom stereocenters. The first kappa shape index (κ1) is 17.0. The summed E-state index contributed by atoms with van der Waals surface area (Å²) in [4.78, 5) is 11.9. The average Bonchev–Trinajstić information content (AvgIpc) is 2.50.